The number of nitrogens with zero attached hydrogens (tertiary/aromatic N) is 5. The van der Waals surface area contributed by atoms with Crippen molar-refractivity contribution in [2.45, 2.75) is 33.3 Å². The van der Waals surface area contributed by atoms with Gasteiger partial charge in [0.25, 0.3) is 0 Å². The van der Waals surface area contributed by atoms with Crippen LogP contribution in [0.1, 0.15) is 30.5 Å². The molecule has 176 valence electrons. The molecular formula is C24H39N7O. The highest BCUT2D eigenvalue weighted by atomic mass is 16.3. The molecule has 1 aliphatic rings. The topological polar surface area (TPSA) is 80.9 Å². The second-order valence-electron chi connectivity index (χ2n) is 8.85. The number of piperazine rings is 1. The first-order valence-corrected chi connectivity index (χ1v) is 11.6. The van der Waals surface area contributed by atoms with Gasteiger partial charge in [-0.1, -0.05) is 12.1 Å². The number of anilines is 1. The van der Waals surface area contributed by atoms with Crippen molar-refractivity contribution < 1.29 is 5.11 Å². The van der Waals surface area contributed by atoms with E-state index in [1.54, 1.807) is 17.8 Å². The summed E-state index contributed by atoms with van der Waals surface area (Å²) in [5.74, 6) is 0.727. The van der Waals surface area contributed by atoms with Crippen molar-refractivity contribution in [2.24, 2.45) is 12.0 Å². The maximum absolute atomic E-state index is 10.8. The van der Waals surface area contributed by atoms with E-state index < -0.39 is 5.60 Å². The van der Waals surface area contributed by atoms with Crippen LogP contribution in [0.25, 0.3) is 0 Å². The van der Waals surface area contributed by atoms with E-state index in [9.17, 15) is 5.11 Å². The Labute approximate surface area is 192 Å². The Kier molecular flexibility index (Phi) is 8.15. The predicted molar refractivity (Wildman–Crippen MR) is 131 cm³/mol. The normalized spacial score (nSPS) is 17.3. The first kappa shape index (κ1) is 24.1. The van der Waals surface area contributed by atoms with Gasteiger partial charge in [0.1, 0.15) is 5.60 Å². The molecule has 8 heteroatoms. The number of rotatable bonds is 8. The van der Waals surface area contributed by atoms with E-state index in [0.29, 0.717) is 0 Å². The zero-order valence-electron chi connectivity index (χ0n) is 20.2. The molecule has 0 amide bonds. The monoisotopic (exact) mass is 441 g/mol. The van der Waals surface area contributed by atoms with Crippen LogP contribution in [0.2, 0.25) is 0 Å². The quantitative estimate of drug-likeness (QED) is 0.427. The van der Waals surface area contributed by atoms with E-state index in [0.717, 1.165) is 57.3 Å². The third kappa shape index (κ3) is 6.23. The summed E-state index contributed by atoms with van der Waals surface area (Å²) in [6.45, 7) is 15.2. The van der Waals surface area contributed by atoms with Gasteiger partial charge in [0.05, 0.1) is 12.7 Å². The molecule has 1 aromatic heterocycles. The Morgan fingerprint density at radius 1 is 1.19 bits per heavy atom. The summed E-state index contributed by atoms with van der Waals surface area (Å²) in [5.41, 5.74) is 3.82. The van der Waals surface area contributed by atoms with Gasteiger partial charge in [-0.25, -0.2) is 4.99 Å². The van der Waals surface area contributed by atoms with Crippen LogP contribution in [0.15, 0.2) is 35.6 Å². The molecule has 0 spiro atoms. The lowest BCUT2D eigenvalue weighted by atomic mass is 10.0. The van der Waals surface area contributed by atoms with E-state index in [-0.39, 0.29) is 6.54 Å². The molecule has 1 saturated heterocycles. The molecule has 32 heavy (non-hydrogen) atoms. The molecule has 1 aliphatic heterocycles. The first-order chi connectivity index (χ1) is 15.3. The number of aryl methyl sites for hydroxylation is 2. The fraction of sp³-hybridized carbons (Fsp3) is 0.583. The van der Waals surface area contributed by atoms with Gasteiger partial charge in [-0.05, 0) is 44.9 Å². The second kappa shape index (κ2) is 10.8. The summed E-state index contributed by atoms with van der Waals surface area (Å²) in [7, 11) is 1.84. The van der Waals surface area contributed by atoms with Gasteiger partial charge in [0.15, 0.2) is 5.96 Å². The van der Waals surface area contributed by atoms with E-state index >= 15 is 0 Å². The van der Waals surface area contributed by atoms with Crippen molar-refractivity contribution in [3.8, 4) is 0 Å². The number of nitrogens with one attached hydrogen (secondary N) is 2. The van der Waals surface area contributed by atoms with Gasteiger partial charge in [0.2, 0.25) is 0 Å². The van der Waals surface area contributed by atoms with Gasteiger partial charge in [0, 0.05) is 70.3 Å². The molecule has 3 N–H and O–H groups in total. The van der Waals surface area contributed by atoms with Crippen LogP contribution in [-0.2, 0) is 12.6 Å². The van der Waals surface area contributed by atoms with Crippen LogP contribution in [-0.4, -0.2) is 78.1 Å². The van der Waals surface area contributed by atoms with Crippen LogP contribution in [0.5, 0.6) is 0 Å². The average Bonchev–Trinajstić information content (AvgIpc) is 3.22. The molecular weight excluding hydrogens is 402 g/mol. The number of aromatic nitrogens is 2. The minimum Gasteiger partial charge on any atom is -0.383 e. The van der Waals surface area contributed by atoms with Gasteiger partial charge >= 0.3 is 0 Å². The summed E-state index contributed by atoms with van der Waals surface area (Å²) in [6, 6.07) is 6.57. The molecule has 8 nitrogen and oxygen atoms in total. The zero-order chi connectivity index (χ0) is 23.1. The molecule has 0 saturated carbocycles. The number of benzene rings is 1. The van der Waals surface area contributed by atoms with Crippen molar-refractivity contribution >= 4 is 11.6 Å². The molecule has 1 unspecified atom stereocenters. The third-order valence-electron chi connectivity index (χ3n) is 6.23. The fourth-order valence-electron chi connectivity index (χ4n) is 3.99. The van der Waals surface area contributed by atoms with Crippen LogP contribution in [0.4, 0.5) is 5.69 Å². The number of hydrogen-bond acceptors (Lipinski definition) is 5. The van der Waals surface area contributed by atoms with Crippen LogP contribution < -0.4 is 15.5 Å². The highest BCUT2D eigenvalue weighted by Crippen LogP contribution is 2.23. The minimum atomic E-state index is -1.05. The maximum Gasteiger partial charge on any atom is 0.191 e. The Morgan fingerprint density at radius 2 is 1.94 bits per heavy atom. The lowest BCUT2D eigenvalue weighted by Crippen LogP contribution is -2.49. The first-order valence-electron chi connectivity index (χ1n) is 11.6. The average molecular weight is 442 g/mol. The molecule has 2 heterocycles. The molecule has 3 rings (SSSR count). The second-order valence-corrected chi connectivity index (χ2v) is 8.85. The van der Waals surface area contributed by atoms with Gasteiger partial charge in [-0.2, -0.15) is 5.10 Å². The smallest absolute Gasteiger partial charge is 0.191 e. The van der Waals surface area contributed by atoms with Crippen molar-refractivity contribution in [2.75, 3.05) is 57.3 Å². The van der Waals surface area contributed by atoms with Crippen molar-refractivity contribution in [1.29, 1.82) is 0 Å². The van der Waals surface area contributed by atoms with Gasteiger partial charge in [-0.15, -0.1) is 0 Å². The summed E-state index contributed by atoms with van der Waals surface area (Å²) in [4.78, 5) is 9.59. The lowest BCUT2D eigenvalue weighted by molar-refractivity contribution is 0.0671. The standard InChI is InChI=1S/C24H39N7O/c1-6-25-23(27-18-24(4,32)21-16-28-29(5)17-21)26-10-11-30-12-14-31(15-13-30)22-9-7-8-19(2)20(22)3/h7-9,16-17,32H,6,10-15,18H2,1-5H3,(H2,25,26,27). The fourth-order valence-corrected chi connectivity index (χ4v) is 3.99. The van der Waals surface area contributed by atoms with Crippen molar-refractivity contribution in [3.63, 3.8) is 0 Å². The minimum absolute atomic E-state index is 0.266. The summed E-state index contributed by atoms with van der Waals surface area (Å²) in [5, 5.41) is 21.6. The highest BCUT2D eigenvalue weighted by molar-refractivity contribution is 5.79. The predicted octanol–water partition coefficient (Wildman–Crippen LogP) is 1.62. The van der Waals surface area contributed by atoms with Crippen LogP contribution in [0, 0.1) is 13.8 Å². The van der Waals surface area contributed by atoms with E-state index in [4.69, 9.17) is 0 Å². The van der Waals surface area contributed by atoms with Gasteiger partial charge < -0.3 is 20.6 Å². The summed E-state index contributed by atoms with van der Waals surface area (Å²) >= 11 is 0. The van der Waals surface area contributed by atoms with Crippen LogP contribution in [0.3, 0.4) is 0 Å². The molecule has 0 bridgehead atoms. The Hall–Kier alpha value is -2.58. The molecule has 0 aliphatic carbocycles. The maximum atomic E-state index is 10.8. The Bertz CT molecular complexity index is 898. The lowest BCUT2D eigenvalue weighted by Gasteiger charge is -2.37. The molecule has 1 fully saturated rings. The molecule has 1 aromatic carbocycles. The van der Waals surface area contributed by atoms with Crippen molar-refractivity contribution in [3.05, 3.63) is 47.3 Å². The van der Waals surface area contributed by atoms with Gasteiger partial charge in [-0.3, -0.25) is 9.58 Å². The Morgan fingerprint density at radius 3 is 2.59 bits per heavy atom. The molecule has 1 atom stereocenters. The Balaban J connectivity index is 1.46. The number of guanidine groups is 1. The SMILES string of the molecule is CCNC(=NCC(C)(O)c1cnn(C)c1)NCCN1CCN(c2cccc(C)c2C)CC1. The number of aliphatic hydroxyl groups is 1. The van der Waals surface area contributed by atoms with Crippen molar-refractivity contribution in [1.82, 2.24) is 25.3 Å². The number of hydrogen-bond donors (Lipinski definition) is 3. The zero-order valence-corrected chi connectivity index (χ0v) is 20.2. The largest absolute Gasteiger partial charge is 0.383 e. The molecule has 0 radical (unpaired) electrons. The number of aliphatic imine (C=N–C) groups is 1. The highest BCUT2D eigenvalue weighted by Gasteiger charge is 2.24. The summed E-state index contributed by atoms with van der Waals surface area (Å²) in [6.07, 6.45) is 3.52. The third-order valence-corrected chi connectivity index (χ3v) is 6.23. The summed E-state index contributed by atoms with van der Waals surface area (Å²) < 4.78 is 1.69. The van der Waals surface area contributed by atoms with E-state index in [1.165, 1.54) is 16.8 Å². The van der Waals surface area contributed by atoms with Crippen LogP contribution >= 0.6 is 0 Å². The van der Waals surface area contributed by atoms with E-state index in [2.05, 4.69) is 62.6 Å². The van der Waals surface area contributed by atoms with E-state index in [1.807, 2.05) is 20.2 Å². The molecule has 2 aromatic rings.